The second-order valence-corrected chi connectivity index (χ2v) is 10.6. The van der Waals surface area contributed by atoms with Crippen molar-refractivity contribution in [3.05, 3.63) is 84.5 Å². The predicted octanol–water partition coefficient (Wildman–Crippen LogP) is 3.77. The van der Waals surface area contributed by atoms with E-state index in [-0.39, 0.29) is 35.2 Å². The first-order valence-electron chi connectivity index (χ1n) is 12.9. The first-order valence-corrected chi connectivity index (χ1v) is 13.7. The molecule has 4 rings (SSSR count). The van der Waals surface area contributed by atoms with Crippen molar-refractivity contribution >= 4 is 29.4 Å². The summed E-state index contributed by atoms with van der Waals surface area (Å²) < 4.78 is 24.0. The minimum atomic E-state index is -0.847. The standard InChI is InChI=1S/C30H32N2O7S/c1-7-37-22-11-9-8-10-20(22)15-25-28(34)32-27(21-12-13-23(39-19(5)33)24(14-21)36-6)26(18(4)31-30(32)40-25)29(35)38-16-17(2)3/h8-15,17,27H,7,16H2,1-6H3/b25-15+/t27-/m0/s1. The molecule has 40 heavy (non-hydrogen) atoms. The van der Waals surface area contributed by atoms with Gasteiger partial charge in [-0.3, -0.25) is 14.2 Å². The summed E-state index contributed by atoms with van der Waals surface area (Å²) in [4.78, 5) is 44.0. The molecule has 0 amide bonds. The lowest BCUT2D eigenvalue weighted by Crippen LogP contribution is -2.40. The zero-order chi connectivity index (χ0) is 29.0. The van der Waals surface area contributed by atoms with Gasteiger partial charge in [0.2, 0.25) is 0 Å². The Morgan fingerprint density at radius 1 is 1.12 bits per heavy atom. The summed E-state index contributed by atoms with van der Waals surface area (Å²) in [5, 5.41) is 0. The summed E-state index contributed by atoms with van der Waals surface area (Å²) in [7, 11) is 1.45. The monoisotopic (exact) mass is 564 g/mol. The third-order valence-electron chi connectivity index (χ3n) is 6.05. The van der Waals surface area contributed by atoms with Crippen LogP contribution in [0.5, 0.6) is 17.2 Å². The Morgan fingerprint density at radius 2 is 1.88 bits per heavy atom. The fraction of sp³-hybridized carbons (Fsp3) is 0.333. The van der Waals surface area contributed by atoms with Crippen LogP contribution in [0.15, 0.2) is 63.5 Å². The van der Waals surface area contributed by atoms with Gasteiger partial charge >= 0.3 is 11.9 Å². The molecule has 1 aromatic heterocycles. The van der Waals surface area contributed by atoms with E-state index in [1.54, 1.807) is 31.2 Å². The van der Waals surface area contributed by atoms with Gasteiger partial charge in [0.05, 0.1) is 42.2 Å². The summed E-state index contributed by atoms with van der Waals surface area (Å²) in [5.74, 6) is 0.234. The fourth-order valence-corrected chi connectivity index (χ4v) is 5.38. The molecule has 0 N–H and O–H groups in total. The highest BCUT2D eigenvalue weighted by Gasteiger charge is 2.34. The van der Waals surface area contributed by atoms with Gasteiger partial charge in [0.1, 0.15) is 5.75 Å². The van der Waals surface area contributed by atoms with Crippen LogP contribution in [-0.2, 0) is 14.3 Å². The average Bonchev–Trinajstić information content (AvgIpc) is 3.21. The lowest BCUT2D eigenvalue weighted by molar-refractivity contribution is -0.140. The highest BCUT2D eigenvalue weighted by molar-refractivity contribution is 7.07. The van der Waals surface area contributed by atoms with Crippen LogP contribution < -0.4 is 29.1 Å². The van der Waals surface area contributed by atoms with Crippen molar-refractivity contribution in [3.8, 4) is 17.2 Å². The summed E-state index contributed by atoms with van der Waals surface area (Å²) in [6.07, 6.45) is 1.77. The molecule has 0 bridgehead atoms. The van der Waals surface area contributed by atoms with E-state index in [0.29, 0.717) is 33.0 Å². The second-order valence-electron chi connectivity index (χ2n) is 9.55. The highest BCUT2D eigenvalue weighted by atomic mass is 32.1. The number of thiazole rings is 1. The number of esters is 2. The van der Waals surface area contributed by atoms with Crippen molar-refractivity contribution in [2.45, 2.75) is 40.7 Å². The molecule has 0 radical (unpaired) electrons. The summed E-state index contributed by atoms with van der Waals surface area (Å²) in [5.41, 5.74) is 1.71. The zero-order valence-corrected chi connectivity index (χ0v) is 24.2. The number of rotatable bonds is 9. The molecular formula is C30H32N2O7S. The van der Waals surface area contributed by atoms with Crippen molar-refractivity contribution in [1.29, 1.82) is 0 Å². The highest BCUT2D eigenvalue weighted by Crippen LogP contribution is 2.36. The number of carbonyl (C=O) groups excluding carboxylic acids is 2. The molecule has 0 fully saturated rings. The molecule has 2 aromatic carbocycles. The van der Waals surface area contributed by atoms with E-state index in [4.69, 9.17) is 18.9 Å². The first-order chi connectivity index (χ1) is 19.1. The van der Waals surface area contributed by atoms with Gasteiger partial charge in [0.25, 0.3) is 5.56 Å². The minimum Gasteiger partial charge on any atom is -0.493 e. The number of para-hydroxylation sites is 1. The van der Waals surface area contributed by atoms with Crippen LogP contribution in [-0.4, -0.2) is 36.8 Å². The number of carbonyl (C=O) groups is 2. The van der Waals surface area contributed by atoms with Crippen molar-refractivity contribution in [2.24, 2.45) is 10.9 Å². The third-order valence-corrected chi connectivity index (χ3v) is 7.03. The molecule has 2 heterocycles. The SMILES string of the molecule is CCOc1ccccc1/C=c1/sc2n(c1=O)[C@@H](c1ccc(OC(C)=O)c(OC)c1)C(C(=O)OCC(C)C)=C(C)N=2. The van der Waals surface area contributed by atoms with Crippen LogP contribution >= 0.6 is 11.3 Å². The Balaban J connectivity index is 1.93. The van der Waals surface area contributed by atoms with Crippen LogP contribution in [0.2, 0.25) is 0 Å². The van der Waals surface area contributed by atoms with E-state index in [0.717, 1.165) is 5.56 Å². The average molecular weight is 565 g/mol. The summed E-state index contributed by atoms with van der Waals surface area (Å²) >= 11 is 1.23. The van der Waals surface area contributed by atoms with E-state index in [9.17, 15) is 14.4 Å². The van der Waals surface area contributed by atoms with Crippen LogP contribution in [0.1, 0.15) is 51.8 Å². The van der Waals surface area contributed by atoms with Gasteiger partial charge in [0.15, 0.2) is 16.3 Å². The maximum Gasteiger partial charge on any atom is 0.338 e. The number of hydrogen-bond acceptors (Lipinski definition) is 9. The van der Waals surface area contributed by atoms with E-state index < -0.39 is 18.0 Å². The molecule has 210 valence electrons. The Labute approximate surface area is 236 Å². The van der Waals surface area contributed by atoms with Crippen molar-refractivity contribution < 1.29 is 28.5 Å². The number of aromatic nitrogens is 1. The van der Waals surface area contributed by atoms with Gasteiger partial charge in [0, 0.05) is 12.5 Å². The number of ether oxygens (including phenoxy) is 4. The molecule has 1 atom stereocenters. The van der Waals surface area contributed by atoms with Gasteiger partial charge in [-0.25, -0.2) is 9.79 Å². The van der Waals surface area contributed by atoms with E-state index in [2.05, 4.69) is 4.99 Å². The lowest BCUT2D eigenvalue weighted by Gasteiger charge is -2.25. The van der Waals surface area contributed by atoms with Crippen molar-refractivity contribution in [3.63, 3.8) is 0 Å². The smallest absolute Gasteiger partial charge is 0.338 e. The Bertz CT molecular complexity index is 1650. The Morgan fingerprint density at radius 3 is 2.55 bits per heavy atom. The van der Waals surface area contributed by atoms with Gasteiger partial charge in [-0.2, -0.15) is 0 Å². The number of allylic oxidation sites excluding steroid dienone is 1. The van der Waals surface area contributed by atoms with Crippen LogP contribution in [0.25, 0.3) is 6.08 Å². The molecule has 0 saturated heterocycles. The third kappa shape index (κ3) is 6.02. The number of benzene rings is 2. The van der Waals surface area contributed by atoms with Crippen molar-refractivity contribution in [2.75, 3.05) is 20.3 Å². The Hall–Kier alpha value is -4.18. The van der Waals surface area contributed by atoms with E-state index in [1.165, 1.54) is 29.9 Å². The van der Waals surface area contributed by atoms with E-state index >= 15 is 0 Å². The lowest BCUT2D eigenvalue weighted by atomic mass is 9.95. The number of hydrogen-bond donors (Lipinski definition) is 0. The molecule has 9 nitrogen and oxygen atoms in total. The topological polar surface area (TPSA) is 105 Å². The molecule has 0 unspecified atom stereocenters. The Kier molecular flexibility index (Phi) is 8.89. The predicted molar refractivity (Wildman–Crippen MR) is 151 cm³/mol. The number of nitrogens with zero attached hydrogens (tertiary/aromatic N) is 2. The van der Waals surface area contributed by atoms with Crippen LogP contribution in [0.3, 0.4) is 0 Å². The normalized spacial score (nSPS) is 15.0. The quantitative estimate of drug-likeness (QED) is 0.288. The molecule has 0 aliphatic carbocycles. The number of fused-ring (bicyclic) bond motifs is 1. The molecular weight excluding hydrogens is 532 g/mol. The van der Waals surface area contributed by atoms with Crippen molar-refractivity contribution in [1.82, 2.24) is 4.57 Å². The van der Waals surface area contributed by atoms with E-state index in [1.807, 2.05) is 45.0 Å². The molecule has 10 heteroatoms. The zero-order valence-electron chi connectivity index (χ0n) is 23.3. The minimum absolute atomic E-state index is 0.123. The molecule has 0 saturated carbocycles. The largest absolute Gasteiger partial charge is 0.493 e. The molecule has 0 spiro atoms. The number of methoxy groups -OCH3 is 1. The molecule has 3 aromatic rings. The second kappa shape index (κ2) is 12.3. The molecule has 1 aliphatic heterocycles. The van der Waals surface area contributed by atoms with Gasteiger partial charge in [-0.1, -0.05) is 49.4 Å². The first kappa shape index (κ1) is 28.8. The van der Waals surface area contributed by atoms with Crippen LogP contribution in [0.4, 0.5) is 0 Å². The maximum atomic E-state index is 13.9. The van der Waals surface area contributed by atoms with Gasteiger partial charge < -0.3 is 18.9 Å². The van der Waals surface area contributed by atoms with Gasteiger partial charge in [-0.15, -0.1) is 0 Å². The van der Waals surface area contributed by atoms with Crippen LogP contribution in [0, 0.1) is 5.92 Å². The summed E-state index contributed by atoms with van der Waals surface area (Å²) in [6, 6.07) is 11.5. The maximum absolute atomic E-state index is 13.9. The summed E-state index contributed by atoms with van der Waals surface area (Å²) in [6.45, 7) is 9.51. The molecule has 1 aliphatic rings. The van der Waals surface area contributed by atoms with Gasteiger partial charge in [-0.05, 0) is 49.6 Å². The fourth-order valence-electron chi connectivity index (χ4n) is 4.34.